The molecule has 2 aliphatic heterocycles. The maximum atomic E-state index is 11.8. The molecule has 2 rings (SSSR count). The van der Waals surface area contributed by atoms with Gasteiger partial charge in [-0.2, -0.15) is 0 Å². The Hall–Kier alpha value is -0.170. The summed E-state index contributed by atoms with van der Waals surface area (Å²) in [6.07, 6.45) is 3.98. The summed E-state index contributed by atoms with van der Waals surface area (Å²) in [7, 11) is -3.12. The van der Waals surface area contributed by atoms with Crippen molar-refractivity contribution < 1.29 is 13.2 Å². The Kier molecular flexibility index (Phi) is 4.78. The summed E-state index contributed by atoms with van der Waals surface area (Å²) >= 11 is 0. The molecule has 2 saturated heterocycles. The van der Waals surface area contributed by atoms with Gasteiger partial charge in [-0.1, -0.05) is 0 Å². The normalized spacial score (nSPS) is 27.4. The monoisotopic (exact) mass is 262 g/mol. The summed E-state index contributed by atoms with van der Waals surface area (Å²) in [5, 5.41) is 3.21. The first kappa shape index (κ1) is 13.3. The first-order chi connectivity index (χ1) is 8.16. The van der Waals surface area contributed by atoms with Crippen LogP contribution >= 0.6 is 0 Å². The predicted molar refractivity (Wildman–Crippen MR) is 66.4 cm³/mol. The zero-order valence-corrected chi connectivity index (χ0v) is 11.0. The van der Waals surface area contributed by atoms with Gasteiger partial charge in [0.25, 0.3) is 0 Å². The highest BCUT2D eigenvalue weighted by atomic mass is 32.2. The number of hydrogen-bond acceptors (Lipinski definition) is 4. The van der Waals surface area contributed by atoms with Gasteiger partial charge in [0.05, 0.1) is 5.75 Å². The van der Waals surface area contributed by atoms with Crippen molar-refractivity contribution in [3.8, 4) is 0 Å². The molecule has 0 aliphatic carbocycles. The molecule has 1 atom stereocenters. The lowest BCUT2D eigenvalue weighted by molar-refractivity contribution is 0.0678. The average Bonchev–Trinajstić information content (AvgIpc) is 2.80. The SMILES string of the molecule is O=S(=O)(CC1CCCN1)NCC1CCOCC1. The van der Waals surface area contributed by atoms with E-state index in [-0.39, 0.29) is 11.8 Å². The van der Waals surface area contributed by atoms with Gasteiger partial charge in [0.2, 0.25) is 10.0 Å². The predicted octanol–water partition coefficient (Wildman–Crippen LogP) is 0.0844. The summed E-state index contributed by atoms with van der Waals surface area (Å²) in [5.41, 5.74) is 0. The highest BCUT2D eigenvalue weighted by Crippen LogP contribution is 2.14. The van der Waals surface area contributed by atoms with Crippen molar-refractivity contribution in [1.82, 2.24) is 10.0 Å². The minimum atomic E-state index is -3.12. The highest BCUT2D eigenvalue weighted by Gasteiger charge is 2.23. The van der Waals surface area contributed by atoms with Crippen LogP contribution in [0.15, 0.2) is 0 Å². The molecular weight excluding hydrogens is 240 g/mol. The molecule has 2 heterocycles. The third-order valence-electron chi connectivity index (χ3n) is 3.52. The maximum Gasteiger partial charge on any atom is 0.213 e. The molecule has 0 aromatic heterocycles. The van der Waals surface area contributed by atoms with Crippen LogP contribution < -0.4 is 10.0 Å². The van der Waals surface area contributed by atoms with Gasteiger partial charge in [-0.05, 0) is 38.1 Å². The lowest BCUT2D eigenvalue weighted by Gasteiger charge is -2.22. The second kappa shape index (κ2) is 6.13. The van der Waals surface area contributed by atoms with E-state index in [1.165, 1.54) is 0 Å². The Morgan fingerprint density at radius 3 is 2.65 bits per heavy atom. The van der Waals surface area contributed by atoms with Crippen LogP contribution in [0.3, 0.4) is 0 Å². The van der Waals surface area contributed by atoms with E-state index >= 15 is 0 Å². The molecule has 5 nitrogen and oxygen atoms in total. The number of nitrogens with one attached hydrogen (secondary N) is 2. The van der Waals surface area contributed by atoms with E-state index in [0.717, 1.165) is 45.4 Å². The van der Waals surface area contributed by atoms with Crippen LogP contribution in [-0.2, 0) is 14.8 Å². The van der Waals surface area contributed by atoms with E-state index in [4.69, 9.17) is 4.74 Å². The number of sulfonamides is 1. The lowest BCUT2D eigenvalue weighted by atomic mass is 10.0. The Morgan fingerprint density at radius 2 is 2.00 bits per heavy atom. The van der Waals surface area contributed by atoms with E-state index in [1.54, 1.807) is 0 Å². The maximum absolute atomic E-state index is 11.8. The molecule has 0 amide bonds. The van der Waals surface area contributed by atoms with Crippen molar-refractivity contribution in [1.29, 1.82) is 0 Å². The summed E-state index contributed by atoms with van der Waals surface area (Å²) in [4.78, 5) is 0. The molecule has 0 bridgehead atoms. The molecule has 100 valence electrons. The van der Waals surface area contributed by atoms with Crippen LogP contribution in [0.1, 0.15) is 25.7 Å². The number of hydrogen-bond donors (Lipinski definition) is 2. The topological polar surface area (TPSA) is 67.4 Å². The summed E-state index contributed by atoms with van der Waals surface area (Å²) < 4.78 is 31.7. The molecule has 17 heavy (non-hydrogen) atoms. The first-order valence-electron chi connectivity index (χ1n) is 6.44. The van der Waals surface area contributed by atoms with Gasteiger partial charge in [0.1, 0.15) is 0 Å². The van der Waals surface area contributed by atoms with Crippen molar-refractivity contribution in [3.63, 3.8) is 0 Å². The van der Waals surface area contributed by atoms with E-state index in [0.29, 0.717) is 12.5 Å². The summed E-state index contributed by atoms with van der Waals surface area (Å²) in [6.45, 7) is 3.03. The minimum Gasteiger partial charge on any atom is -0.381 e. The third-order valence-corrected chi connectivity index (χ3v) is 4.96. The largest absolute Gasteiger partial charge is 0.381 e. The van der Waals surface area contributed by atoms with E-state index in [1.807, 2.05) is 0 Å². The first-order valence-corrected chi connectivity index (χ1v) is 8.09. The molecule has 2 fully saturated rings. The van der Waals surface area contributed by atoms with Crippen molar-refractivity contribution in [2.24, 2.45) is 5.92 Å². The van der Waals surface area contributed by atoms with Gasteiger partial charge >= 0.3 is 0 Å². The van der Waals surface area contributed by atoms with Gasteiger partial charge in [0, 0.05) is 25.8 Å². The molecule has 1 unspecified atom stereocenters. The molecule has 0 radical (unpaired) electrons. The fraction of sp³-hybridized carbons (Fsp3) is 1.00. The zero-order valence-electron chi connectivity index (χ0n) is 10.2. The quantitative estimate of drug-likeness (QED) is 0.736. The van der Waals surface area contributed by atoms with Crippen LogP contribution in [0, 0.1) is 5.92 Å². The number of rotatable bonds is 5. The second-order valence-electron chi connectivity index (χ2n) is 4.98. The molecule has 0 aromatic carbocycles. The molecule has 2 N–H and O–H groups in total. The lowest BCUT2D eigenvalue weighted by Crippen LogP contribution is -2.39. The van der Waals surface area contributed by atoms with Crippen molar-refractivity contribution in [2.45, 2.75) is 31.7 Å². The van der Waals surface area contributed by atoms with E-state index in [2.05, 4.69) is 10.0 Å². The highest BCUT2D eigenvalue weighted by molar-refractivity contribution is 7.89. The van der Waals surface area contributed by atoms with E-state index in [9.17, 15) is 8.42 Å². The Balaban J connectivity index is 1.72. The van der Waals surface area contributed by atoms with Crippen LogP contribution in [0.5, 0.6) is 0 Å². The average molecular weight is 262 g/mol. The number of ether oxygens (including phenoxy) is 1. The van der Waals surface area contributed by atoms with Crippen molar-refractivity contribution >= 4 is 10.0 Å². The van der Waals surface area contributed by atoms with Gasteiger partial charge in [-0.3, -0.25) is 0 Å². The zero-order chi connectivity index (χ0) is 12.1. The third kappa shape index (κ3) is 4.54. The van der Waals surface area contributed by atoms with Crippen molar-refractivity contribution in [3.05, 3.63) is 0 Å². The van der Waals surface area contributed by atoms with Gasteiger partial charge in [-0.25, -0.2) is 13.1 Å². The minimum absolute atomic E-state index is 0.141. The van der Waals surface area contributed by atoms with E-state index < -0.39 is 10.0 Å². The standard InChI is InChI=1S/C11H22N2O3S/c14-17(15,9-11-2-1-5-12-11)13-8-10-3-6-16-7-4-10/h10-13H,1-9H2. The molecule has 0 aromatic rings. The van der Waals surface area contributed by atoms with Gasteiger partial charge in [-0.15, -0.1) is 0 Å². The van der Waals surface area contributed by atoms with Gasteiger partial charge in [0.15, 0.2) is 0 Å². The molecule has 6 heteroatoms. The van der Waals surface area contributed by atoms with Crippen LogP contribution in [0.25, 0.3) is 0 Å². The fourth-order valence-corrected chi connectivity index (χ4v) is 3.84. The van der Waals surface area contributed by atoms with Crippen molar-refractivity contribution in [2.75, 3.05) is 32.1 Å². The fourth-order valence-electron chi connectivity index (χ4n) is 2.42. The molecular formula is C11H22N2O3S. The smallest absolute Gasteiger partial charge is 0.213 e. The summed E-state index contributed by atoms with van der Waals surface area (Å²) in [6, 6.07) is 0.141. The Morgan fingerprint density at radius 1 is 1.24 bits per heavy atom. The Labute approximate surface area is 103 Å². The van der Waals surface area contributed by atoms with Crippen LogP contribution in [0.2, 0.25) is 0 Å². The van der Waals surface area contributed by atoms with Crippen LogP contribution in [0.4, 0.5) is 0 Å². The summed E-state index contributed by atoms with van der Waals surface area (Å²) in [5.74, 6) is 0.658. The molecule has 0 spiro atoms. The molecule has 0 saturated carbocycles. The van der Waals surface area contributed by atoms with Crippen LogP contribution in [-0.4, -0.2) is 46.5 Å². The van der Waals surface area contributed by atoms with Gasteiger partial charge < -0.3 is 10.1 Å². The molecule has 2 aliphatic rings. The second-order valence-corrected chi connectivity index (χ2v) is 6.83. The Bertz CT molecular complexity index is 320.